The van der Waals surface area contributed by atoms with E-state index in [0.29, 0.717) is 24.3 Å². The Morgan fingerprint density at radius 2 is 2.18 bits per heavy atom. The number of para-hydroxylation sites is 1. The second-order valence-corrected chi connectivity index (χ2v) is 7.47. The molecule has 28 heavy (non-hydrogen) atoms. The lowest BCUT2D eigenvalue weighted by Gasteiger charge is -2.27. The van der Waals surface area contributed by atoms with E-state index in [1.165, 1.54) is 4.90 Å². The summed E-state index contributed by atoms with van der Waals surface area (Å²) in [6.45, 7) is 6.44. The molecule has 2 heterocycles. The monoisotopic (exact) mass is 384 g/mol. The van der Waals surface area contributed by atoms with Crippen LogP contribution in [0.4, 0.5) is 5.69 Å². The number of hydrogen-bond acceptors (Lipinski definition) is 4. The van der Waals surface area contributed by atoms with Crippen LogP contribution in [0.15, 0.2) is 49.1 Å². The zero-order chi connectivity index (χ0) is 20.3. The van der Waals surface area contributed by atoms with E-state index in [1.807, 2.05) is 12.1 Å². The van der Waals surface area contributed by atoms with Gasteiger partial charge in [-0.2, -0.15) is 0 Å². The van der Waals surface area contributed by atoms with Gasteiger partial charge < -0.3 is 20.0 Å². The molecule has 1 aromatic rings. The third-order valence-electron chi connectivity index (χ3n) is 5.77. The number of carbonyl (C=O) groups excluding carboxylic acids is 2. The first-order valence-corrected chi connectivity index (χ1v) is 9.76. The number of likely N-dealkylation sites (tertiary alicyclic amines) is 1. The molecule has 1 fully saturated rings. The fourth-order valence-corrected chi connectivity index (χ4v) is 4.20. The van der Waals surface area contributed by atoms with Crippen molar-refractivity contribution in [3.63, 3.8) is 0 Å². The van der Waals surface area contributed by atoms with Gasteiger partial charge >= 0.3 is 0 Å². The Balaban J connectivity index is 1.75. The maximum absolute atomic E-state index is 13.0. The van der Waals surface area contributed by atoms with E-state index in [2.05, 4.69) is 6.58 Å². The molecule has 0 radical (unpaired) electrons. The average Bonchev–Trinajstić information content (AvgIpc) is 3.26. The lowest BCUT2D eigenvalue weighted by atomic mass is 9.83. The molecular formula is C22H28N2O4. The predicted octanol–water partition coefficient (Wildman–Crippen LogP) is 1.97. The lowest BCUT2D eigenvalue weighted by Crippen LogP contribution is -2.44. The maximum Gasteiger partial charge on any atom is 0.264 e. The van der Waals surface area contributed by atoms with Crippen molar-refractivity contribution in [2.24, 2.45) is 5.92 Å². The smallest absolute Gasteiger partial charge is 0.264 e. The number of aliphatic hydroxyl groups is 2. The van der Waals surface area contributed by atoms with Crippen molar-refractivity contribution in [3.05, 3.63) is 54.6 Å². The van der Waals surface area contributed by atoms with Crippen LogP contribution in [0.2, 0.25) is 0 Å². The molecule has 2 N–H and O–H groups in total. The first kappa shape index (κ1) is 20.3. The van der Waals surface area contributed by atoms with Gasteiger partial charge in [-0.1, -0.05) is 43.4 Å². The van der Waals surface area contributed by atoms with Crippen LogP contribution in [0.1, 0.15) is 31.7 Å². The number of amides is 2. The van der Waals surface area contributed by atoms with Crippen LogP contribution in [0.25, 0.3) is 0 Å². The third-order valence-corrected chi connectivity index (χ3v) is 5.77. The summed E-state index contributed by atoms with van der Waals surface area (Å²) in [5.74, 6) is -0.925. The Morgan fingerprint density at radius 3 is 2.89 bits per heavy atom. The molecule has 3 atom stereocenters. The number of hydrogen-bond donors (Lipinski definition) is 2. The van der Waals surface area contributed by atoms with Crippen molar-refractivity contribution in [1.29, 1.82) is 0 Å². The van der Waals surface area contributed by atoms with Crippen molar-refractivity contribution in [1.82, 2.24) is 4.90 Å². The largest absolute Gasteiger partial charge is 0.394 e. The van der Waals surface area contributed by atoms with Gasteiger partial charge in [-0.15, -0.1) is 6.58 Å². The Labute approximate surface area is 165 Å². The van der Waals surface area contributed by atoms with Crippen molar-refractivity contribution < 1.29 is 19.8 Å². The Kier molecular flexibility index (Phi) is 6.01. The second kappa shape index (κ2) is 8.29. The molecular weight excluding hydrogens is 356 g/mol. The van der Waals surface area contributed by atoms with Gasteiger partial charge in [0.25, 0.3) is 5.91 Å². The zero-order valence-corrected chi connectivity index (χ0v) is 16.3. The summed E-state index contributed by atoms with van der Waals surface area (Å²) in [4.78, 5) is 28.7. The summed E-state index contributed by atoms with van der Waals surface area (Å²) in [7, 11) is 0. The molecule has 6 heteroatoms. The molecule has 2 aliphatic rings. The number of rotatable bonds is 7. The van der Waals surface area contributed by atoms with Crippen LogP contribution >= 0.6 is 0 Å². The van der Waals surface area contributed by atoms with E-state index >= 15 is 0 Å². The van der Waals surface area contributed by atoms with Crippen molar-refractivity contribution in [2.45, 2.75) is 37.8 Å². The van der Waals surface area contributed by atoms with E-state index in [0.717, 1.165) is 12.8 Å². The molecule has 6 nitrogen and oxygen atoms in total. The standard InChI is InChI=1S/C22H28N2O4/c1-3-13-24-19-11-5-4-10-18(19)22(28,21(24)27)16(2)8-6-12-20(26)23-14-7-9-17(23)15-25/h3-6,8,10-11,16-17,25,28H,1,7,9,12-15H2,2H3/b8-6+/t16-,17+,22+/m1/s1. The first-order valence-electron chi connectivity index (χ1n) is 9.76. The van der Waals surface area contributed by atoms with E-state index in [1.54, 1.807) is 42.2 Å². The average molecular weight is 384 g/mol. The second-order valence-electron chi connectivity index (χ2n) is 7.47. The molecule has 0 aromatic heterocycles. The summed E-state index contributed by atoms with van der Waals surface area (Å²) in [6, 6.07) is 7.12. The number of carbonyl (C=O) groups is 2. The van der Waals surface area contributed by atoms with Crippen molar-refractivity contribution in [3.8, 4) is 0 Å². The van der Waals surface area contributed by atoms with Gasteiger partial charge in [0.15, 0.2) is 5.60 Å². The molecule has 2 aliphatic heterocycles. The molecule has 1 saturated heterocycles. The van der Waals surface area contributed by atoms with Crippen LogP contribution in [-0.2, 0) is 15.2 Å². The summed E-state index contributed by atoms with van der Waals surface area (Å²) >= 11 is 0. The summed E-state index contributed by atoms with van der Waals surface area (Å²) in [6.07, 6.45) is 6.99. The minimum Gasteiger partial charge on any atom is -0.394 e. The lowest BCUT2D eigenvalue weighted by molar-refractivity contribution is -0.139. The van der Waals surface area contributed by atoms with Gasteiger partial charge in [-0.3, -0.25) is 9.59 Å². The molecule has 0 unspecified atom stereocenters. The highest BCUT2D eigenvalue weighted by Gasteiger charge is 2.52. The van der Waals surface area contributed by atoms with Crippen LogP contribution in [0.3, 0.4) is 0 Å². The van der Waals surface area contributed by atoms with Gasteiger partial charge in [-0.25, -0.2) is 0 Å². The predicted molar refractivity (Wildman–Crippen MR) is 108 cm³/mol. The zero-order valence-electron chi connectivity index (χ0n) is 16.3. The number of fused-ring (bicyclic) bond motifs is 1. The minimum atomic E-state index is -1.67. The molecule has 2 amide bonds. The van der Waals surface area contributed by atoms with E-state index in [9.17, 15) is 19.8 Å². The first-order chi connectivity index (χ1) is 13.4. The van der Waals surface area contributed by atoms with Gasteiger partial charge in [0, 0.05) is 31.0 Å². The van der Waals surface area contributed by atoms with Gasteiger partial charge in [-0.05, 0) is 18.9 Å². The Morgan fingerprint density at radius 1 is 1.43 bits per heavy atom. The minimum absolute atomic E-state index is 0.0178. The molecule has 150 valence electrons. The molecule has 0 aliphatic carbocycles. The van der Waals surface area contributed by atoms with Gasteiger partial charge in [0.1, 0.15) is 0 Å². The molecule has 1 aromatic carbocycles. The summed E-state index contributed by atoms with van der Waals surface area (Å²) in [5.41, 5.74) is -0.403. The van der Waals surface area contributed by atoms with E-state index in [-0.39, 0.29) is 30.9 Å². The normalized spacial score (nSPS) is 25.4. The summed E-state index contributed by atoms with van der Waals surface area (Å²) < 4.78 is 0. The number of benzene rings is 1. The Bertz CT molecular complexity index is 790. The van der Waals surface area contributed by atoms with E-state index in [4.69, 9.17) is 0 Å². The highest BCUT2D eigenvalue weighted by molar-refractivity contribution is 6.07. The van der Waals surface area contributed by atoms with Crippen molar-refractivity contribution >= 4 is 17.5 Å². The van der Waals surface area contributed by atoms with Gasteiger partial charge in [0.2, 0.25) is 5.91 Å². The Hall–Kier alpha value is -2.44. The van der Waals surface area contributed by atoms with Gasteiger partial charge in [0.05, 0.1) is 18.3 Å². The third kappa shape index (κ3) is 3.38. The van der Waals surface area contributed by atoms with E-state index < -0.39 is 11.5 Å². The van der Waals surface area contributed by atoms with Crippen LogP contribution < -0.4 is 4.90 Å². The molecule has 3 rings (SSSR count). The van der Waals surface area contributed by atoms with Crippen LogP contribution in [0.5, 0.6) is 0 Å². The highest BCUT2D eigenvalue weighted by Crippen LogP contribution is 2.44. The highest BCUT2D eigenvalue weighted by atomic mass is 16.3. The SMILES string of the molecule is C=CCN1C(=O)[C@](O)([C@H](C)/C=C/CC(=O)N2CCC[C@H]2CO)c2ccccc21. The van der Waals surface area contributed by atoms with Crippen LogP contribution in [-0.4, -0.2) is 52.7 Å². The fraction of sp³-hybridized carbons (Fsp3) is 0.455. The summed E-state index contributed by atoms with van der Waals surface area (Å²) in [5, 5.41) is 20.7. The quantitative estimate of drug-likeness (QED) is 0.705. The molecule has 0 spiro atoms. The van der Waals surface area contributed by atoms with Crippen LogP contribution in [0, 0.1) is 5.92 Å². The number of nitrogens with zero attached hydrogens (tertiary/aromatic N) is 2. The topological polar surface area (TPSA) is 81.1 Å². The fourth-order valence-electron chi connectivity index (χ4n) is 4.20. The number of anilines is 1. The van der Waals surface area contributed by atoms with Crippen molar-refractivity contribution in [2.75, 3.05) is 24.6 Å². The number of aliphatic hydroxyl groups excluding tert-OH is 1. The molecule has 0 saturated carbocycles. The molecule has 0 bridgehead atoms. The maximum atomic E-state index is 13.0.